The van der Waals surface area contributed by atoms with Crippen LogP contribution < -0.4 is 0 Å². The van der Waals surface area contributed by atoms with Crippen LogP contribution in [0.25, 0.3) is 10.8 Å². The molecule has 0 N–H and O–H groups in total. The Hall–Kier alpha value is -2.44. The largest absolute Gasteiger partial charge is 0.461 e. The summed E-state index contributed by atoms with van der Waals surface area (Å²) in [5, 5.41) is 1.35. The van der Waals surface area contributed by atoms with Crippen LogP contribution >= 0.6 is 0 Å². The molecule has 0 spiro atoms. The van der Waals surface area contributed by atoms with Crippen LogP contribution in [0.3, 0.4) is 0 Å². The summed E-state index contributed by atoms with van der Waals surface area (Å²) >= 11 is 0. The Balaban J connectivity index is 1.54. The fourth-order valence-corrected chi connectivity index (χ4v) is 3.36. The number of ether oxygens (including phenoxy) is 4. The van der Waals surface area contributed by atoms with E-state index in [-0.39, 0.29) is 10.8 Å². The van der Waals surface area contributed by atoms with Crippen molar-refractivity contribution in [3.63, 3.8) is 0 Å². The van der Waals surface area contributed by atoms with Gasteiger partial charge in [0.2, 0.25) is 0 Å². The summed E-state index contributed by atoms with van der Waals surface area (Å²) in [6.07, 6.45) is 0. The summed E-state index contributed by atoms with van der Waals surface area (Å²) in [5.74, 6) is -0.799. The third-order valence-corrected chi connectivity index (χ3v) is 5.27. The first kappa shape index (κ1) is 18.9. The topological polar surface area (TPSA) is 71.1 Å². The van der Waals surface area contributed by atoms with Crippen molar-refractivity contribution >= 4 is 22.7 Å². The molecule has 28 heavy (non-hydrogen) atoms. The molecule has 0 radical (unpaired) electrons. The fraction of sp³-hybridized carbons (Fsp3) is 0.455. The number of carbonyl (C=O) groups excluding carboxylic acids is 2. The lowest BCUT2D eigenvalue weighted by Gasteiger charge is -2.37. The first-order valence-corrected chi connectivity index (χ1v) is 9.41. The molecule has 0 aromatic heterocycles. The SMILES string of the molecule is CC1(COC(=O)c2ccc(C(=O)OCC3(C)COC3)c3ccccc23)COC1. The Kier molecular flexibility index (Phi) is 4.85. The number of esters is 2. The highest BCUT2D eigenvalue weighted by atomic mass is 16.6. The van der Waals surface area contributed by atoms with E-state index < -0.39 is 11.9 Å². The summed E-state index contributed by atoms with van der Waals surface area (Å²) in [6.45, 7) is 7.04. The molecule has 2 aromatic carbocycles. The molecule has 2 saturated heterocycles. The predicted molar refractivity (Wildman–Crippen MR) is 102 cm³/mol. The van der Waals surface area contributed by atoms with Crippen LogP contribution in [-0.4, -0.2) is 51.6 Å². The van der Waals surface area contributed by atoms with Crippen molar-refractivity contribution in [2.45, 2.75) is 13.8 Å². The van der Waals surface area contributed by atoms with Gasteiger partial charge in [-0.3, -0.25) is 0 Å². The molecule has 2 aliphatic heterocycles. The number of rotatable bonds is 6. The van der Waals surface area contributed by atoms with Crippen LogP contribution in [0.4, 0.5) is 0 Å². The first-order chi connectivity index (χ1) is 13.4. The standard InChI is InChI=1S/C22H24O6/c1-21(9-25-10-21)13-27-19(23)17-7-8-18(16-6-4-3-5-15(16)17)20(24)28-14-22(2)11-26-12-22/h3-8H,9-14H2,1-2H3. The Bertz CT molecular complexity index is 836. The van der Waals surface area contributed by atoms with Crippen molar-refractivity contribution in [3.8, 4) is 0 Å². The molecule has 0 aliphatic carbocycles. The molecule has 4 rings (SSSR count). The van der Waals surface area contributed by atoms with E-state index in [0.29, 0.717) is 61.5 Å². The highest BCUT2D eigenvalue weighted by Crippen LogP contribution is 2.30. The molecule has 6 heteroatoms. The van der Waals surface area contributed by atoms with Crippen molar-refractivity contribution < 1.29 is 28.5 Å². The molecule has 2 aromatic rings. The van der Waals surface area contributed by atoms with Gasteiger partial charge < -0.3 is 18.9 Å². The van der Waals surface area contributed by atoms with Gasteiger partial charge in [-0.15, -0.1) is 0 Å². The fourth-order valence-electron chi connectivity index (χ4n) is 3.36. The van der Waals surface area contributed by atoms with Gasteiger partial charge in [-0.25, -0.2) is 9.59 Å². The van der Waals surface area contributed by atoms with Gasteiger partial charge in [0.05, 0.1) is 37.6 Å². The van der Waals surface area contributed by atoms with Crippen molar-refractivity contribution in [2.24, 2.45) is 10.8 Å². The number of carbonyl (C=O) groups is 2. The molecule has 0 saturated carbocycles. The molecule has 0 unspecified atom stereocenters. The van der Waals surface area contributed by atoms with Gasteiger partial charge in [0.1, 0.15) is 13.2 Å². The second-order valence-corrected chi connectivity index (χ2v) is 8.47. The molecule has 0 amide bonds. The van der Waals surface area contributed by atoms with Gasteiger partial charge >= 0.3 is 11.9 Å². The minimum atomic E-state index is -0.400. The summed E-state index contributed by atoms with van der Waals surface area (Å²) < 4.78 is 21.4. The third-order valence-electron chi connectivity index (χ3n) is 5.27. The number of hydrogen-bond donors (Lipinski definition) is 0. The maximum atomic E-state index is 12.6. The minimum Gasteiger partial charge on any atom is -0.461 e. The quantitative estimate of drug-likeness (QED) is 0.712. The summed E-state index contributed by atoms with van der Waals surface area (Å²) in [4.78, 5) is 25.3. The highest BCUT2D eigenvalue weighted by Gasteiger charge is 2.36. The van der Waals surface area contributed by atoms with E-state index >= 15 is 0 Å². The van der Waals surface area contributed by atoms with E-state index in [4.69, 9.17) is 18.9 Å². The molecule has 2 heterocycles. The smallest absolute Gasteiger partial charge is 0.338 e. The van der Waals surface area contributed by atoms with Gasteiger partial charge in [-0.1, -0.05) is 38.1 Å². The average Bonchev–Trinajstić information content (AvgIpc) is 2.66. The van der Waals surface area contributed by atoms with Gasteiger partial charge in [0, 0.05) is 10.8 Å². The maximum Gasteiger partial charge on any atom is 0.338 e. The molecule has 6 nitrogen and oxygen atoms in total. The molecule has 0 atom stereocenters. The summed E-state index contributed by atoms with van der Waals surface area (Å²) in [7, 11) is 0. The highest BCUT2D eigenvalue weighted by molar-refractivity contribution is 6.11. The molecular weight excluding hydrogens is 360 g/mol. The first-order valence-electron chi connectivity index (χ1n) is 9.41. The number of hydrogen-bond acceptors (Lipinski definition) is 6. The van der Waals surface area contributed by atoms with E-state index in [2.05, 4.69) is 0 Å². The van der Waals surface area contributed by atoms with Crippen LogP contribution in [0.1, 0.15) is 34.6 Å². The Labute approximate surface area is 163 Å². The van der Waals surface area contributed by atoms with E-state index in [1.807, 2.05) is 38.1 Å². The lowest BCUT2D eigenvalue weighted by Crippen LogP contribution is -2.44. The Morgan fingerprint density at radius 1 is 0.786 bits per heavy atom. The normalized spacial score (nSPS) is 19.4. The van der Waals surface area contributed by atoms with Crippen LogP contribution in [0.15, 0.2) is 36.4 Å². The van der Waals surface area contributed by atoms with E-state index in [9.17, 15) is 9.59 Å². The molecular formula is C22H24O6. The van der Waals surface area contributed by atoms with Crippen LogP contribution in [-0.2, 0) is 18.9 Å². The maximum absolute atomic E-state index is 12.6. The lowest BCUT2D eigenvalue weighted by atomic mass is 9.90. The van der Waals surface area contributed by atoms with Crippen LogP contribution in [0.2, 0.25) is 0 Å². The van der Waals surface area contributed by atoms with Crippen LogP contribution in [0.5, 0.6) is 0 Å². The predicted octanol–water partition coefficient (Wildman–Crippen LogP) is 3.23. The Morgan fingerprint density at radius 2 is 1.18 bits per heavy atom. The van der Waals surface area contributed by atoms with Crippen molar-refractivity contribution in [1.82, 2.24) is 0 Å². The summed E-state index contributed by atoms with van der Waals surface area (Å²) in [6, 6.07) is 10.6. The number of benzene rings is 2. The zero-order valence-electron chi connectivity index (χ0n) is 16.2. The Morgan fingerprint density at radius 3 is 1.50 bits per heavy atom. The number of fused-ring (bicyclic) bond motifs is 1. The monoisotopic (exact) mass is 384 g/mol. The molecule has 2 aliphatic rings. The van der Waals surface area contributed by atoms with Crippen molar-refractivity contribution in [2.75, 3.05) is 39.6 Å². The molecule has 148 valence electrons. The second kappa shape index (κ2) is 7.18. The van der Waals surface area contributed by atoms with Crippen molar-refractivity contribution in [3.05, 3.63) is 47.5 Å². The van der Waals surface area contributed by atoms with E-state index in [1.165, 1.54) is 0 Å². The zero-order valence-corrected chi connectivity index (χ0v) is 16.2. The van der Waals surface area contributed by atoms with Crippen molar-refractivity contribution in [1.29, 1.82) is 0 Å². The van der Waals surface area contributed by atoms with Gasteiger partial charge in [0.25, 0.3) is 0 Å². The van der Waals surface area contributed by atoms with Gasteiger partial charge in [-0.2, -0.15) is 0 Å². The third kappa shape index (κ3) is 3.62. The molecule has 2 fully saturated rings. The lowest BCUT2D eigenvalue weighted by molar-refractivity contribution is -0.127. The second-order valence-electron chi connectivity index (χ2n) is 8.47. The van der Waals surface area contributed by atoms with E-state index in [0.717, 1.165) is 0 Å². The summed E-state index contributed by atoms with van der Waals surface area (Å²) in [5.41, 5.74) is 0.651. The van der Waals surface area contributed by atoms with E-state index in [1.54, 1.807) is 12.1 Å². The average molecular weight is 384 g/mol. The van der Waals surface area contributed by atoms with Gasteiger partial charge in [-0.05, 0) is 22.9 Å². The van der Waals surface area contributed by atoms with Crippen LogP contribution in [0, 0.1) is 10.8 Å². The van der Waals surface area contributed by atoms with Gasteiger partial charge in [0.15, 0.2) is 0 Å². The molecule has 0 bridgehead atoms. The minimum absolute atomic E-state index is 0.115. The zero-order chi connectivity index (χ0) is 19.8.